The van der Waals surface area contributed by atoms with E-state index in [-0.39, 0.29) is 6.04 Å². The largest absolute Gasteiger partial charge is 0.450 e. The van der Waals surface area contributed by atoms with Gasteiger partial charge in [0.2, 0.25) is 6.41 Å². The zero-order valence-electron chi connectivity index (χ0n) is 7.66. The third kappa shape index (κ3) is 2.93. The number of nitrogens with zero attached hydrogens (tertiary/aromatic N) is 1. The Kier molecular flexibility index (Phi) is 3.54. The van der Waals surface area contributed by atoms with Crippen LogP contribution >= 0.6 is 0 Å². The first-order chi connectivity index (χ1) is 6.26. The number of nitrogens with one attached hydrogen (secondary N) is 1. The quantitative estimate of drug-likeness (QED) is 0.629. The van der Waals surface area contributed by atoms with Crippen molar-refractivity contribution in [2.24, 2.45) is 0 Å². The van der Waals surface area contributed by atoms with Gasteiger partial charge in [-0.3, -0.25) is 4.79 Å². The van der Waals surface area contributed by atoms with Crippen LogP contribution in [0.2, 0.25) is 0 Å². The minimum absolute atomic E-state index is 0.0456. The normalized spacial score (nSPS) is 21.3. The van der Waals surface area contributed by atoms with E-state index >= 15 is 0 Å². The highest BCUT2D eigenvalue weighted by atomic mass is 16.5. The van der Waals surface area contributed by atoms with E-state index in [9.17, 15) is 9.59 Å². The van der Waals surface area contributed by atoms with Gasteiger partial charge in [0.1, 0.15) is 0 Å². The Morgan fingerprint density at radius 2 is 2.54 bits per heavy atom. The zero-order chi connectivity index (χ0) is 9.68. The van der Waals surface area contributed by atoms with Crippen LogP contribution in [-0.2, 0) is 9.53 Å². The highest BCUT2D eigenvalue weighted by molar-refractivity contribution is 5.67. The van der Waals surface area contributed by atoms with Crippen molar-refractivity contribution in [2.45, 2.75) is 19.4 Å². The number of likely N-dealkylation sites (tertiary alicyclic amines) is 1. The fourth-order valence-electron chi connectivity index (χ4n) is 1.34. The molecule has 0 aromatic rings. The molecule has 0 aromatic carbocycles. The smallest absolute Gasteiger partial charge is 0.407 e. The molecule has 0 bridgehead atoms. The van der Waals surface area contributed by atoms with Crippen molar-refractivity contribution in [3.63, 3.8) is 0 Å². The summed E-state index contributed by atoms with van der Waals surface area (Å²) in [7, 11) is 0. The summed E-state index contributed by atoms with van der Waals surface area (Å²) in [4.78, 5) is 22.9. The Morgan fingerprint density at radius 3 is 3.08 bits per heavy atom. The average Bonchev–Trinajstić information content (AvgIpc) is 2.52. The van der Waals surface area contributed by atoms with Gasteiger partial charge in [-0.1, -0.05) is 0 Å². The number of hydrogen-bond donors (Lipinski definition) is 1. The summed E-state index contributed by atoms with van der Waals surface area (Å²) in [6.07, 6.45) is 1.20. The number of hydrogen-bond acceptors (Lipinski definition) is 3. The van der Waals surface area contributed by atoms with Crippen LogP contribution in [0, 0.1) is 0 Å². The fourth-order valence-corrected chi connectivity index (χ4v) is 1.34. The summed E-state index contributed by atoms with van der Waals surface area (Å²) in [5.74, 6) is 0. The van der Waals surface area contributed by atoms with Crippen molar-refractivity contribution in [3.8, 4) is 0 Å². The molecule has 1 saturated heterocycles. The van der Waals surface area contributed by atoms with Crippen molar-refractivity contribution in [1.82, 2.24) is 10.2 Å². The van der Waals surface area contributed by atoms with Gasteiger partial charge in [-0.25, -0.2) is 4.79 Å². The zero-order valence-corrected chi connectivity index (χ0v) is 7.66. The number of ether oxygens (including phenoxy) is 1. The minimum atomic E-state index is -0.403. The van der Waals surface area contributed by atoms with Gasteiger partial charge in [-0.15, -0.1) is 0 Å². The molecular weight excluding hydrogens is 172 g/mol. The van der Waals surface area contributed by atoms with Gasteiger partial charge in [0, 0.05) is 13.1 Å². The Bertz CT molecular complexity index is 196. The van der Waals surface area contributed by atoms with E-state index < -0.39 is 6.09 Å². The number of amides is 2. The molecule has 5 heteroatoms. The second-order valence-corrected chi connectivity index (χ2v) is 2.95. The third-order valence-corrected chi connectivity index (χ3v) is 1.97. The molecule has 2 amide bonds. The molecule has 5 nitrogen and oxygen atoms in total. The predicted molar refractivity (Wildman–Crippen MR) is 46.2 cm³/mol. The first-order valence-electron chi connectivity index (χ1n) is 4.39. The van der Waals surface area contributed by atoms with Gasteiger partial charge < -0.3 is 15.0 Å². The second kappa shape index (κ2) is 4.69. The first kappa shape index (κ1) is 9.83. The van der Waals surface area contributed by atoms with Crippen LogP contribution in [0.4, 0.5) is 4.79 Å². The number of alkyl carbamates (subject to hydrolysis) is 1. The Balaban J connectivity index is 2.23. The summed E-state index contributed by atoms with van der Waals surface area (Å²) in [6.45, 7) is 3.42. The molecule has 1 fully saturated rings. The molecule has 0 radical (unpaired) electrons. The van der Waals surface area contributed by atoms with Crippen LogP contribution in [-0.4, -0.2) is 43.1 Å². The van der Waals surface area contributed by atoms with Gasteiger partial charge in [-0.2, -0.15) is 0 Å². The molecule has 1 aliphatic heterocycles. The molecule has 0 spiro atoms. The summed E-state index contributed by atoms with van der Waals surface area (Å²) in [5, 5.41) is 2.68. The molecule has 74 valence electrons. The summed E-state index contributed by atoms with van der Waals surface area (Å²) in [6, 6.07) is 0.0456. The van der Waals surface area contributed by atoms with E-state index in [0.717, 1.165) is 12.8 Å². The van der Waals surface area contributed by atoms with Gasteiger partial charge in [0.15, 0.2) is 0 Å². The van der Waals surface area contributed by atoms with Gasteiger partial charge in [0.05, 0.1) is 12.6 Å². The summed E-state index contributed by atoms with van der Waals surface area (Å²) in [5.41, 5.74) is 0. The molecule has 13 heavy (non-hydrogen) atoms. The maximum absolute atomic E-state index is 11.0. The van der Waals surface area contributed by atoms with E-state index in [0.29, 0.717) is 19.7 Å². The standard InChI is InChI=1S/C8H14N2O3/c1-2-13-8(12)9-7-3-4-10(5-7)6-11/h6-7H,2-5H2,1H3,(H,9,12)/t7-/m1/s1. The molecule has 1 heterocycles. The SMILES string of the molecule is CCOC(=O)N[C@@H]1CCN(C=O)C1. The lowest BCUT2D eigenvalue weighted by Gasteiger charge is -2.12. The predicted octanol–water partition coefficient (Wildman–Crippen LogP) is -0.0368. The second-order valence-electron chi connectivity index (χ2n) is 2.95. The van der Waals surface area contributed by atoms with Crippen LogP contribution in [0.15, 0.2) is 0 Å². The molecule has 1 N–H and O–H groups in total. The third-order valence-electron chi connectivity index (χ3n) is 1.97. The number of carbonyl (C=O) groups excluding carboxylic acids is 2. The summed E-state index contributed by atoms with van der Waals surface area (Å²) < 4.78 is 4.72. The van der Waals surface area contributed by atoms with Gasteiger partial charge >= 0.3 is 6.09 Å². The van der Waals surface area contributed by atoms with Crippen molar-refractivity contribution >= 4 is 12.5 Å². The molecule has 0 saturated carbocycles. The lowest BCUT2D eigenvalue weighted by molar-refractivity contribution is -0.117. The van der Waals surface area contributed by atoms with Crippen molar-refractivity contribution in [2.75, 3.05) is 19.7 Å². The Hall–Kier alpha value is -1.26. The maximum Gasteiger partial charge on any atom is 0.407 e. The highest BCUT2D eigenvalue weighted by Crippen LogP contribution is 2.06. The van der Waals surface area contributed by atoms with Gasteiger partial charge in [-0.05, 0) is 13.3 Å². The fraction of sp³-hybridized carbons (Fsp3) is 0.750. The first-order valence-corrected chi connectivity index (χ1v) is 4.39. The van der Waals surface area contributed by atoms with E-state index in [1.54, 1.807) is 11.8 Å². The number of carbonyl (C=O) groups is 2. The van der Waals surface area contributed by atoms with Crippen LogP contribution in [0.3, 0.4) is 0 Å². The maximum atomic E-state index is 11.0. The summed E-state index contributed by atoms with van der Waals surface area (Å²) >= 11 is 0. The molecule has 1 atom stereocenters. The molecular formula is C8H14N2O3. The van der Waals surface area contributed by atoms with Crippen LogP contribution in [0.5, 0.6) is 0 Å². The Morgan fingerprint density at radius 1 is 1.77 bits per heavy atom. The molecule has 0 unspecified atom stereocenters. The highest BCUT2D eigenvalue weighted by Gasteiger charge is 2.22. The lowest BCUT2D eigenvalue weighted by atomic mass is 10.3. The van der Waals surface area contributed by atoms with Crippen molar-refractivity contribution < 1.29 is 14.3 Å². The average molecular weight is 186 g/mol. The van der Waals surface area contributed by atoms with Gasteiger partial charge in [0.25, 0.3) is 0 Å². The molecule has 1 aliphatic rings. The Labute approximate surface area is 77.0 Å². The van der Waals surface area contributed by atoms with Crippen LogP contribution in [0.1, 0.15) is 13.3 Å². The van der Waals surface area contributed by atoms with E-state index in [1.807, 2.05) is 0 Å². The van der Waals surface area contributed by atoms with E-state index in [4.69, 9.17) is 4.74 Å². The molecule has 1 rings (SSSR count). The minimum Gasteiger partial charge on any atom is -0.450 e. The van der Waals surface area contributed by atoms with E-state index in [2.05, 4.69) is 5.32 Å². The van der Waals surface area contributed by atoms with Crippen LogP contribution in [0.25, 0.3) is 0 Å². The monoisotopic (exact) mass is 186 g/mol. The van der Waals surface area contributed by atoms with Crippen LogP contribution < -0.4 is 5.32 Å². The van der Waals surface area contributed by atoms with Crippen molar-refractivity contribution in [1.29, 1.82) is 0 Å². The topological polar surface area (TPSA) is 58.6 Å². The lowest BCUT2D eigenvalue weighted by Crippen LogP contribution is -2.37. The number of rotatable bonds is 3. The molecule has 0 aliphatic carbocycles. The van der Waals surface area contributed by atoms with E-state index in [1.165, 1.54) is 0 Å². The van der Waals surface area contributed by atoms with Crippen molar-refractivity contribution in [3.05, 3.63) is 0 Å². The molecule has 0 aromatic heterocycles.